The van der Waals surface area contributed by atoms with Crippen LogP contribution in [0.4, 0.5) is 5.69 Å². The molecule has 4 heteroatoms. The van der Waals surface area contributed by atoms with Gasteiger partial charge in [0.1, 0.15) is 0 Å². The number of aryl methyl sites for hydroxylation is 2. The van der Waals surface area contributed by atoms with Gasteiger partial charge >= 0.3 is 0 Å². The van der Waals surface area contributed by atoms with Crippen LogP contribution in [0.1, 0.15) is 17.5 Å². The first-order chi connectivity index (χ1) is 6.98. The number of fused-ring (bicyclic) bond motifs is 1. The van der Waals surface area contributed by atoms with Gasteiger partial charge in [0, 0.05) is 6.54 Å². The number of nitrogens with zero attached hydrogens (tertiary/aromatic N) is 1. The average Bonchev–Trinajstić information content (AvgIpc) is 2.15. The van der Waals surface area contributed by atoms with Gasteiger partial charge in [0.15, 0.2) is 0 Å². The maximum atomic E-state index is 11.6. The highest BCUT2D eigenvalue weighted by atomic mass is 32.2. The molecule has 1 aliphatic heterocycles. The zero-order chi connectivity index (χ0) is 11.1. The van der Waals surface area contributed by atoms with E-state index in [0.29, 0.717) is 6.54 Å². The van der Waals surface area contributed by atoms with E-state index in [1.54, 1.807) is 0 Å². The molecule has 0 radical (unpaired) electrons. The van der Waals surface area contributed by atoms with E-state index in [0.717, 1.165) is 29.7 Å². The molecule has 0 saturated carbocycles. The Balaban J connectivity index is 2.55. The minimum Gasteiger partial charge on any atom is -0.270 e. The van der Waals surface area contributed by atoms with Crippen molar-refractivity contribution in [2.45, 2.75) is 19.8 Å². The zero-order valence-electron chi connectivity index (χ0n) is 9.03. The second-order valence-corrected chi connectivity index (χ2v) is 5.98. The summed E-state index contributed by atoms with van der Waals surface area (Å²) >= 11 is 0. The Labute approximate surface area is 90.8 Å². The van der Waals surface area contributed by atoms with Crippen molar-refractivity contribution in [1.29, 1.82) is 0 Å². The molecule has 0 bridgehead atoms. The molecule has 0 spiro atoms. The second-order valence-electron chi connectivity index (χ2n) is 4.07. The van der Waals surface area contributed by atoms with Crippen molar-refractivity contribution in [1.82, 2.24) is 0 Å². The molecule has 1 aromatic rings. The van der Waals surface area contributed by atoms with Gasteiger partial charge in [0.05, 0.1) is 11.9 Å². The molecular weight excluding hydrogens is 210 g/mol. The van der Waals surface area contributed by atoms with Gasteiger partial charge < -0.3 is 0 Å². The SMILES string of the molecule is Cc1ccc2c(c1)N(S(C)(=O)=O)CCC2. The van der Waals surface area contributed by atoms with Gasteiger partial charge in [-0.2, -0.15) is 0 Å². The summed E-state index contributed by atoms with van der Waals surface area (Å²) in [6.45, 7) is 2.59. The van der Waals surface area contributed by atoms with Crippen LogP contribution >= 0.6 is 0 Å². The largest absolute Gasteiger partial charge is 0.270 e. The predicted molar refractivity (Wildman–Crippen MR) is 61.7 cm³/mol. The van der Waals surface area contributed by atoms with Gasteiger partial charge in [-0.1, -0.05) is 12.1 Å². The Morgan fingerprint density at radius 1 is 1.33 bits per heavy atom. The summed E-state index contributed by atoms with van der Waals surface area (Å²) in [5.74, 6) is 0. The number of rotatable bonds is 1. The van der Waals surface area contributed by atoms with Crippen molar-refractivity contribution in [3.8, 4) is 0 Å². The summed E-state index contributed by atoms with van der Waals surface area (Å²) in [5.41, 5.74) is 3.10. The lowest BCUT2D eigenvalue weighted by Crippen LogP contribution is -2.34. The van der Waals surface area contributed by atoms with E-state index < -0.39 is 10.0 Å². The molecule has 0 aromatic heterocycles. The first-order valence-electron chi connectivity index (χ1n) is 5.06. The number of benzene rings is 1. The lowest BCUT2D eigenvalue weighted by Gasteiger charge is -2.29. The van der Waals surface area contributed by atoms with Crippen LogP contribution < -0.4 is 4.31 Å². The molecule has 0 N–H and O–H groups in total. The Bertz CT molecular complexity index is 479. The summed E-state index contributed by atoms with van der Waals surface area (Å²) in [6, 6.07) is 6.02. The highest BCUT2D eigenvalue weighted by molar-refractivity contribution is 7.92. The summed E-state index contributed by atoms with van der Waals surface area (Å²) in [4.78, 5) is 0. The fourth-order valence-corrected chi connectivity index (χ4v) is 2.98. The van der Waals surface area contributed by atoms with Crippen molar-refractivity contribution >= 4 is 15.7 Å². The predicted octanol–water partition coefficient (Wildman–Crippen LogP) is 1.71. The van der Waals surface area contributed by atoms with Crippen LogP contribution in [-0.4, -0.2) is 21.2 Å². The molecule has 3 nitrogen and oxygen atoms in total. The first kappa shape index (κ1) is 10.5. The number of anilines is 1. The van der Waals surface area contributed by atoms with Gasteiger partial charge in [0.25, 0.3) is 0 Å². The van der Waals surface area contributed by atoms with Crippen molar-refractivity contribution in [3.05, 3.63) is 29.3 Å². The van der Waals surface area contributed by atoms with Gasteiger partial charge in [0.2, 0.25) is 10.0 Å². The highest BCUT2D eigenvalue weighted by Gasteiger charge is 2.23. The second kappa shape index (κ2) is 3.52. The van der Waals surface area contributed by atoms with E-state index in [9.17, 15) is 8.42 Å². The summed E-state index contributed by atoms with van der Waals surface area (Å²) in [5, 5.41) is 0. The standard InChI is InChI=1S/C11H15NO2S/c1-9-5-6-10-4-3-7-12(11(10)8-9)15(2,13)14/h5-6,8H,3-4,7H2,1-2H3. The third-order valence-corrected chi connectivity index (χ3v) is 3.90. The maximum Gasteiger partial charge on any atom is 0.232 e. The Morgan fingerprint density at radius 2 is 2.07 bits per heavy atom. The fraction of sp³-hybridized carbons (Fsp3) is 0.455. The number of hydrogen-bond acceptors (Lipinski definition) is 2. The van der Waals surface area contributed by atoms with E-state index in [1.165, 1.54) is 10.6 Å². The monoisotopic (exact) mass is 225 g/mol. The van der Waals surface area contributed by atoms with Gasteiger partial charge in [-0.05, 0) is 37.0 Å². The van der Waals surface area contributed by atoms with E-state index in [1.807, 2.05) is 25.1 Å². The van der Waals surface area contributed by atoms with E-state index in [4.69, 9.17) is 0 Å². The highest BCUT2D eigenvalue weighted by Crippen LogP contribution is 2.29. The van der Waals surface area contributed by atoms with Crippen LogP contribution in [0, 0.1) is 6.92 Å². The van der Waals surface area contributed by atoms with Gasteiger partial charge in [-0.15, -0.1) is 0 Å². The van der Waals surface area contributed by atoms with Crippen LogP contribution in [0.15, 0.2) is 18.2 Å². The first-order valence-corrected chi connectivity index (χ1v) is 6.90. The van der Waals surface area contributed by atoms with E-state index in [2.05, 4.69) is 0 Å². The molecule has 82 valence electrons. The molecule has 0 aliphatic carbocycles. The number of sulfonamides is 1. The molecule has 0 unspecified atom stereocenters. The molecule has 1 aliphatic rings. The molecule has 1 aromatic carbocycles. The van der Waals surface area contributed by atoms with Gasteiger partial charge in [-0.25, -0.2) is 8.42 Å². The molecule has 1 heterocycles. The maximum absolute atomic E-state index is 11.6. The Hall–Kier alpha value is -1.03. The van der Waals surface area contributed by atoms with Gasteiger partial charge in [-0.3, -0.25) is 4.31 Å². The lowest BCUT2D eigenvalue weighted by molar-refractivity contribution is 0.592. The minimum absolute atomic E-state index is 0.606. The van der Waals surface area contributed by atoms with E-state index in [-0.39, 0.29) is 0 Å². The Kier molecular flexibility index (Phi) is 2.46. The van der Waals surface area contributed by atoms with Crippen LogP contribution in [0.5, 0.6) is 0 Å². The summed E-state index contributed by atoms with van der Waals surface area (Å²) in [6.07, 6.45) is 3.15. The topological polar surface area (TPSA) is 37.4 Å². The van der Waals surface area contributed by atoms with Crippen LogP contribution in [0.2, 0.25) is 0 Å². The summed E-state index contributed by atoms with van der Waals surface area (Å²) in [7, 11) is -3.12. The lowest BCUT2D eigenvalue weighted by atomic mass is 10.0. The molecule has 0 saturated heterocycles. The molecule has 2 rings (SSSR count). The van der Waals surface area contributed by atoms with Crippen LogP contribution in [0.25, 0.3) is 0 Å². The molecule has 0 fully saturated rings. The fourth-order valence-electron chi connectivity index (χ4n) is 2.00. The third-order valence-electron chi connectivity index (χ3n) is 2.72. The third kappa shape index (κ3) is 2.00. The molecule has 15 heavy (non-hydrogen) atoms. The molecule has 0 atom stereocenters. The van der Waals surface area contributed by atoms with Crippen LogP contribution in [-0.2, 0) is 16.4 Å². The van der Waals surface area contributed by atoms with Crippen molar-refractivity contribution < 1.29 is 8.42 Å². The minimum atomic E-state index is -3.12. The van der Waals surface area contributed by atoms with E-state index >= 15 is 0 Å². The van der Waals surface area contributed by atoms with Crippen molar-refractivity contribution in [2.24, 2.45) is 0 Å². The average molecular weight is 225 g/mol. The zero-order valence-corrected chi connectivity index (χ0v) is 9.84. The smallest absolute Gasteiger partial charge is 0.232 e. The van der Waals surface area contributed by atoms with Crippen LogP contribution in [0.3, 0.4) is 0 Å². The quantitative estimate of drug-likeness (QED) is 0.729. The van der Waals surface area contributed by atoms with Crippen molar-refractivity contribution in [2.75, 3.05) is 17.1 Å². The molecular formula is C11H15NO2S. The normalized spacial score (nSPS) is 16.3. The summed E-state index contributed by atoms with van der Waals surface area (Å²) < 4.78 is 24.7. The Morgan fingerprint density at radius 3 is 2.73 bits per heavy atom. The molecule has 0 amide bonds. The number of hydrogen-bond donors (Lipinski definition) is 0. The van der Waals surface area contributed by atoms with Crippen molar-refractivity contribution in [3.63, 3.8) is 0 Å².